The summed E-state index contributed by atoms with van der Waals surface area (Å²) in [6.07, 6.45) is 3.30. The molecular formula is C15H25N3O. The number of hydrogen-bond acceptors (Lipinski definition) is 3. The largest absolute Gasteiger partial charge is 0.352 e. The van der Waals surface area contributed by atoms with Crippen molar-refractivity contribution in [3.63, 3.8) is 0 Å². The van der Waals surface area contributed by atoms with Crippen LogP contribution in [0.25, 0.3) is 0 Å². The molecule has 1 atom stereocenters. The Labute approximate surface area is 115 Å². The normalized spacial score (nSPS) is 12.5. The molecule has 1 amide bonds. The van der Waals surface area contributed by atoms with Gasteiger partial charge in [0.2, 0.25) is 5.91 Å². The van der Waals surface area contributed by atoms with Crippen LogP contribution in [0.5, 0.6) is 0 Å². The van der Waals surface area contributed by atoms with E-state index in [1.807, 2.05) is 19.1 Å². The fraction of sp³-hybridized carbons (Fsp3) is 0.600. The van der Waals surface area contributed by atoms with Crippen molar-refractivity contribution in [2.24, 2.45) is 17.6 Å². The fourth-order valence-corrected chi connectivity index (χ4v) is 2.07. The Morgan fingerprint density at radius 2 is 2.16 bits per heavy atom. The Balaban J connectivity index is 2.36. The van der Waals surface area contributed by atoms with Crippen molar-refractivity contribution in [2.45, 2.75) is 40.2 Å². The molecule has 1 aromatic heterocycles. The van der Waals surface area contributed by atoms with Crippen molar-refractivity contribution in [3.05, 3.63) is 29.6 Å². The molecule has 0 saturated carbocycles. The van der Waals surface area contributed by atoms with Gasteiger partial charge in [-0.1, -0.05) is 19.9 Å². The molecule has 4 nitrogen and oxygen atoms in total. The van der Waals surface area contributed by atoms with Gasteiger partial charge in [-0.2, -0.15) is 0 Å². The van der Waals surface area contributed by atoms with Gasteiger partial charge in [0, 0.05) is 24.9 Å². The number of nitrogens with one attached hydrogen (secondary N) is 1. The van der Waals surface area contributed by atoms with Crippen LogP contribution in [0.3, 0.4) is 0 Å². The number of aryl methyl sites for hydroxylation is 1. The summed E-state index contributed by atoms with van der Waals surface area (Å²) in [7, 11) is 0. The van der Waals surface area contributed by atoms with Crippen LogP contribution < -0.4 is 11.1 Å². The first-order chi connectivity index (χ1) is 9.01. The zero-order valence-corrected chi connectivity index (χ0v) is 12.1. The van der Waals surface area contributed by atoms with Gasteiger partial charge in [0.1, 0.15) is 0 Å². The number of hydrogen-bond donors (Lipinski definition) is 2. The number of aromatic nitrogens is 1. The van der Waals surface area contributed by atoms with Gasteiger partial charge >= 0.3 is 0 Å². The van der Waals surface area contributed by atoms with Gasteiger partial charge in [-0.3, -0.25) is 9.78 Å². The van der Waals surface area contributed by atoms with E-state index in [4.69, 9.17) is 5.73 Å². The second kappa shape index (κ2) is 7.89. The van der Waals surface area contributed by atoms with E-state index in [1.165, 1.54) is 0 Å². The lowest BCUT2D eigenvalue weighted by atomic mass is 9.94. The maximum atomic E-state index is 11.8. The summed E-state index contributed by atoms with van der Waals surface area (Å²) in [5.74, 6) is 0.912. The molecule has 0 aromatic carbocycles. The van der Waals surface area contributed by atoms with Crippen LogP contribution in [-0.4, -0.2) is 17.4 Å². The third-order valence-corrected chi connectivity index (χ3v) is 3.07. The third-order valence-electron chi connectivity index (χ3n) is 3.07. The summed E-state index contributed by atoms with van der Waals surface area (Å²) in [5.41, 5.74) is 7.71. The van der Waals surface area contributed by atoms with Crippen molar-refractivity contribution >= 4 is 5.91 Å². The molecule has 0 bridgehead atoms. The van der Waals surface area contributed by atoms with Crippen molar-refractivity contribution in [2.75, 3.05) is 6.54 Å². The molecule has 4 heteroatoms. The van der Waals surface area contributed by atoms with Crippen LogP contribution in [0.15, 0.2) is 18.3 Å². The molecule has 0 fully saturated rings. The van der Waals surface area contributed by atoms with E-state index in [9.17, 15) is 4.79 Å². The first-order valence-corrected chi connectivity index (χ1v) is 6.89. The smallest absolute Gasteiger partial charge is 0.220 e. The standard InChI is InChI=1S/C15H25N3O/c1-11(2)6-14(8-16)7-15(19)18-10-13-5-4-12(3)17-9-13/h4-5,9,11,14H,6-8,10,16H2,1-3H3,(H,18,19). The number of carbonyl (C=O) groups is 1. The first kappa shape index (κ1) is 15.6. The maximum Gasteiger partial charge on any atom is 0.220 e. The first-order valence-electron chi connectivity index (χ1n) is 6.89. The highest BCUT2D eigenvalue weighted by Gasteiger charge is 2.13. The van der Waals surface area contributed by atoms with Crippen molar-refractivity contribution in [1.29, 1.82) is 0 Å². The monoisotopic (exact) mass is 263 g/mol. The Bertz CT molecular complexity index is 387. The SMILES string of the molecule is Cc1ccc(CNC(=O)CC(CN)CC(C)C)cn1. The lowest BCUT2D eigenvalue weighted by Gasteiger charge is -2.16. The summed E-state index contributed by atoms with van der Waals surface area (Å²) in [5, 5.41) is 2.92. The predicted molar refractivity (Wildman–Crippen MR) is 77.4 cm³/mol. The fourth-order valence-electron chi connectivity index (χ4n) is 2.07. The minimum absolute atomic E-state index is 0.0664. The van der Waals surface area contributed by atoms with Crippen LogP contribution in [0.2, 0.25) is 0 Å². The quantitative estimate of drug-likeness (QED) is 0.791. The molecule has 0 spiro atoms. The second-order valence-electron chi connectivity index (χ2n) is 5.52. The lowest BCUT2D eigenvalue weighted by molar-refractivity contribution is -0.122. The molecule has 1 heterocycles. The number of amides is 1. The second-order valence-corrected chi connectivity index (χ2v) is 5.52. The molecule has 0 aliphatic rings. The highest BCUT2D eigenvalue weighted by Crippen LogP contribution is 2.14. The van der Waals surface area contributed by atoms with E-state index < -0.39 is 0 Å². The van der Waals surface area contributed by atoms with Gasteiger partial charge in [-0.25, -0.2) is 0 Å². The Morgan fingerprint density at radius 3 is 2.68 bits per heavy atom. The lowest BCUT2D eigenvalue weighted by Crippen LogP contribution is -2.28. The maximum absolute atomic E-state index is 11.8. The highest BCUT2D eigenvalue weighted by atomic mass is 16.1. The van der Waals surface area contributed by atoms with E-state index in [-0.39, 0.29) is 11.8 Å². The van der Waals surface area contributed by atoms with Crippen molar-refractivity contribution < 1.29 is 4.79 Å². The summed E-state index contributed by atoms with van der Waals surface area (Å²) in [4.78, 5) is 16.0. The molecule has 1 rings (SSSR count). The molecule has 106 valence electrons. The van der Waals surface area contributed by atoms with Crippen LogP contribution >= 0.6 is 0 Å². The average Bonchev–Trinajstić information content (AvgIpc) is 2.36. The molecule has 0 saturated heterocycles. The number of rotatable bonds is 7. The highest BCUT2D eigenvalue weighted by molar-refractivity contribution is 5.76. The minimum atomic E-state index is 0.0664. The van der Waals surface area contributed by atoms with Gasteiger partial charge in [0.25, 0.3) is 0 Å². The Hall–Kier alpha value is -1.42. The summed E-state index contributed by atoms with van der Waals surface area (Å²) in [6, 6.07) is 3.93. The van der Waals surface area contributed by atoms with E-state index in [0.717, 1.165) is 17.7 Å². The van der Waals surface area contributed by atoms with E-state index in [2.05, 4.69) is 24.1 Å². The van der Waals surface area contributed by atoms with Crippen LogP contribution in [-0.2, 0) is 11.3 Å². The summed E-state index contributed by atoms with van der Waals surface area (Å²) < 4.78 is 0. The van der Waals surface area contributed by atoms with E-state index in [0.29, 0.717) is 25.4 Å². The molecule has 0 aliphatic heterocycles. The van der Waals surface area contributed by atoms with Gasteiger partial charge in [-0.15, -0.1) is 0 Å². The van der Waals surface area contributed by atoms with Crippen molar-refractivity contribution in [1.82, 2.24) is 10.3 Å². The molecular weight excluding hydrogens is 238 g/mol. The van der Waals surface area contributed by atoms with Gasteiger partial charge in [0.15, 0.2) is 0 Å². The van der Waals surface area contributed by atoms with Gasteiger partial charge < -0.3 is 11.1 Å². The average molecular weight is 263 g/mol. The van der Waals surface area contributed by atoms with E-state index in [1.54, 1.807) is 6.20 Å². The summed E-state index contributed by atoms with van der Waals surface area (Å²) >= 11 is 0. The number of nitrogens with zero attached hydrogens (tertiary/aromatic N) is 1. The number of carbonyl (C=O) groups excluding carboxylic acids is 1. The topological polar surface area (TPSA) is 68.0 Å². The van der Waals surface area contributed by atoms with Gasteiger partial charge in [0.05, 0.1) is 0 Å². The zero-order chi connectivity index (χ0) is 14.3. The Kier molecular flexibility index (Phi) is 6.50. The van der Waals surface area contributed by atoms with Crippen LogP contribution in [0.1, 0.15) is 37.9 Å². The molecule has 1 aromatic rings. The minimum Gasteiger partial charge on any atom is -0.352 e. The third kappa shape index (κ3) is 6.34. The van der Waals surface area contributed by atoms with Gasteiger partial charge in [-0.05, 0) is 43.4 Å². The van der Waals surface area contributed by atoms with Crippen LogP contribution in [0, 0.1) is 18.8 Å². The molecule has 0 aliphatic carbocycles. The summed E-state index contributed by atoms with van der Waals surface area (Å²) in [6.45, 7) is 7.35. The number of pyridine rings is 1. The molecule has 1 unspecified atom stereocenters. The molecule has 0 radical (unpaired) electrons. The Morgan fingerprint density at radius 1 is 1.42 bits per heavy atom. The van der Waals surface area contributed by atoms with Crippen LogP contribution in [0.4, 0.5) is 0 Å². The van der Waals surface area contributed by atoms with Crippen molar-refractivity contribution in [3.8, 4) is 0 Å². The molecule has 19 heavy (non-hydrogen) atoms. The predicted octanol–water partition coefficient (Wildman–Crippen LogP) is 2.02. The number of nitrogens with two attached hydrogens (primary N) is 1. The zero-order valence-electron chi connectivity index (χ0n) is 12.1. The molecule has 3 N–H and O–H groups in total. The van der Waals surface area contributed by atoms with E-state index >= 15 is 0 Å².